The predicted octanol–water partition coefficient (Wildman–Crippen LogP) is 3.05. The summed E-state index contributed by atoms with van der Waals surface area (Å²) < 4.78 is 0. The van der Waals surface area contributed by atoms with Gasteiger partial charge in [0.15, 0.2) is 0 Å². The molecule has 0 spiro atoms. The number of H-pyrrole nitrogens is 1. The first kappa shape index (κ1) is 12.4. The van der Waals surface area contributed by atoms with E-state index >= 15 is 0 Å². The van der Waals surface area contributed by atoms with Crippen LogP contribution in [0.4, 0.5) is 0 Å². The Balaban J connectivity index is 1.79. The fraction of sp³-hybridized carbons (Fsp3) is 0.125. The van der Waals surface area contributed by atoms with Crippen LogP contribution >= 0.6 is 0 Å². The summed E-state index contributed by atoms with van der Waals surface area (Å²) in [6, 6.07) is 13.4. The monoisotopic (exact) mass is 265 g/mol. The summed E-state index contributed by atoms with van der Waals surface area (Å²) in [5, 5.41) is 4.00. The summed E-state index contributed by atoms with van der Waals surface area (Å²) in [4.78, 5) is 19.4. The van der Waals surface area contributed by atoms with Crippen LogP contribution < -0.4 is 5.32 Å². The molecule has 0 aliphatic heterocycles. The molecule has 2 heterocycles. The third-order valence-electron chi connectivity index (χ3n) is 3.31. The second-order valence-corrected chi connectivity index (χ2v) is 4.75. The Labute approximate surface area is 116 Å². The molecule has 0 aliphatic rings. The molecule has 4 heteroatoms. The van der Waals surface area contributed by atoms with E-state index < -0.39 is 0 Å². The van der Waals surface area contributed by atoms with Gasteiger partial charge in [-0.25, -0.2) is 0 Å². The van der Waals surface area contributed by atoms with Gasteiger partial charge in [-0.05, 0) is 30.7 Å². The smallest absolute Gasteiger partial charge is 0.268 e. The van der Waals surface area contributed by atoms with Crippen molar-refractivity contribution >= 4 is 16.8 Å². The van der Waals surface area contributed by atoms with Crippen molar-refractivity contribution in [2.45, 2.75) is 13.0 Å². The van der Waals surface area contributed by atoms with Crippen LogP contribution in [0.15, 0.2) is 54.9 Å². The number of rotatable bonds is 3. The zero-order valence-corrected chi connectivity index (χ0v) is 11.1. The maximum Gasteiger partial charge on any atom is 0.268 e. The van der Waals surface area contributed by atoms with Crippen molar-refractivity contribution in [3.05, 3.63) is 66.1 Å². The molecule has 3 rings (SSSR count). The number of carbonyl (C=O) groups is 1. The number of aromatic nitrogens is 2. The van der Waals surface area contributed by atoms with Gasteiger partial charge in [0.05, 0.1) is 6.04 Å². The zero-order valence-electron chi connectivity index (χ0n) is 11.1. The van der Waals surface area contributed by atoms with Gasteiger partial charge in [-0.2, -0.15) is 0 Å². The van der Waals surface area contributed by atoms with Crippen molar-refractivity contribution in [3.8, 4) is 0 Å². The quantitative estimate of drug-likeness (QED) is 0.764. The third-order valence-corrected chi connectivity index (χ3v) is 3.31. The summed E-state index contributed by atoms with van der Waals surface area (Å²) in [6.07, 6.45) is 3.48. The Morgan fingerprint density at radius 1 is 1.25 bits per heavy atom. The molecular formula is C16H15N3O. The number of aromatic amines is 1. The molecule has 1 amide bonds. The van der Waals surface area contributed by atoms with E-state index in [-0.39, 0.29) is 11.9 Å². The Hall–Kier alpha value is -2.62. The van der Waals surface area contributed by atoms with Crippen LogP contribution in [0.5, 0.6) is 0 Å². The number of fused-ring (bicyclic) bond motifs is 1. The van der Waals surface area contributed by atoms with Gasteiger partial charge in [-0.1, -0.05) is 24.3 Å². The molecule has 1 aromatic carbocycles. The molecule has 1 atom stereocenters. The topological polar surface area (TPSA) is 57.8 Å². The number of nitrogens with one attached hydrogen (secondary N) is 2. The Morgan fingerprint density at radius 3 is 2.85 bits per heavy atom. The Kier molecular flexibility index (Phi) is 3.21. The van der Waals surface area contributed by atoms with Gasteiger partial charge >= 0.3 is 0 Å². The Bertz CT molecular complexity index is 701. The second-order valence-electron chi connectivity index (χ2n) is 4.75. The first-order valence-electron chi connectivity index (χ1n) is 6.52. The minimum absolute atomic E-state index is 0.0809. The van der Waals surface area contributed by atoms with Gasteiger partial charge in [0.2, 0.25) is 0 Å². The molecule has 0 fully saturated rings. The lowest BCUT2D eigenvalue weighted by Gasteiger charge is -2.12. The van der Waals surface area contributed by atoms with E-state index in [4.69, 9.17) is 0 Å². The summed E-state index contributed by atoms with van der Waals surface area (Å²) in [5.74, 6) is -0.113. The number of carbonyl (C=O) groups excluding carboxylic acids is 1. The highest BCUT2D eigenvalue weighted by atomic mass is 16.1. The highest BCUT2D eigenvalue weighted by molar-refractivity contribution is 5.98. The standard InChI is InChI=1S/C16H15N3O/c1-11(13-6-4-8-17-10-13)18-16(20)15-9-12-5-2-3-7-14(12)19-15/h2-11,19H,1H3,(H,18,20). The van der Waals surface area contributed by atoms with Crippen LogP contribution in [0.1, 0.15) is 29.0 Å². The van der Waals surface area contributed by atoms with Gasteiger partial charge in [-0.3, -0.25) is 9.78 Å². The average Bonchev–Trinajstić information content (AvgIpc) is 2.92. The minimum atomic E-state index is -0.113. The van der Waals surface area contributed by atoms with Crippen LogP contribution in [-0.4, -0.2) is 15.9 Å². The zero-order chi connectivity index (χ0) is 13.9. The van der Waals surface area contributed by atoms with E-state index in [0.29, 0.717) is 5.69 Å². The van der Waals surface area contributed by atoms with Crippen molar-refractivity contribution < 1.29 is 4.79 Å². The Morgan fingerprint density at radius 2 is 2.10 bits per heavy atom. The van der Waals surface area contributed by atoms with E-state index in [1.54, 1.807) is 12.4 Å². The fourth-order valence-corrected chi connectivity index (χ4v) is 2.19. The lowest BCUT2D eigenvalue weighted by atomic mass is 10.1. The predicted molar refractivity (Wildman–Crippen MR) is 78.4 cm³/mol. The molecule has 4 nitrogen and oxygen atoms in total. The van der Waals surface area contributed by atoms with Crippen molar-refractivity contribution in [2.75, 3.05) is 0 Å². The molecule has 20 heavy (non-hydrogen) atoms. The highest BCUT2D eigenvalue weighted by Crippen LogP contribution is 2.16. The van der Waals surface area contributed by atoms with E-state index in [2.05, 4.69) is 15.3 Å². The summed E-state index contributed by atoms with van der Waals surface area (Å²) in [7, 11) is 0. The highest BCUT2D eigenvalue weighted by Gasteiger charge is 2.13. The lowest BCUT2D eigenvalue weighted by Crippen LogP contribution is -2.26. The molecule has 100 valence electrons. The SMILES string of the molecule is CC(NC(=O)c1cc2ccccc2[nH]1)c1cccnc1. The normalized spacial score (nSPS) is 12.2. The largest absolute Gasteiger partial charge is 0.351 e. The van der Waals surface area contributed by atoms with Gasteiger partial charge < -0.3 is 10.3 Å². The van der Waals surface area contributed by atoms with Crippen LogP contribution in [0.3, 0.4) is 0 Å². The fourth-order valence-electron chi connectivity index (χ4n) is 2.19. The number of hydrogen-bond donors (Lipinski definition) is 2. The number of benzene rings is 1. The summed E-state index contributed by atoms with van der Waals surface area (Å²) >= 11 is 0. The van der Waals surface area contributed by atoms with E-state index in [1.165, 1.54) is 0 Å². The van der Waals surface area contributed by atoms with Gasteiger partial charge in [0.1, 0.15) is 5.69 Å². The number of para-hydroxylation sites is 1. The summed E-state index contributed by atoms with van der Waals surface area (Å²) in [6.45, 7) is 1.94. The maximum absolute atomic E-state index is 12.2. The van der Waals surface area contributed by atoms with Gasteiger partial charge in [0, 0.05) is 23.3 Å². The van der Waals surface area contributed by atoms with Crippen LogP contribution in [0, 0.1) is 0 Å². The number of pyridine rings is 1. The van der Waals surface area contributed by atoms with E-state index in [1.807, 2.05) is 49.4 Å². The maximum atomic E-state index is 12.2. The average molecular weight is 265 g/mol. The molecule has 0 radical (unpaired) electrons. The molecule has 3 aromatic rings. The van der Waals surface area contributed by atoms with Crippen molar-refractivity contribution in [2.24, 2.45) is 0 Å². The van der Waals surface area contributed by atoms with Crippen molar-refractivity contribution in [1.29, 1.82) is 0 Å². The molecule has 0 saturated carbocycles. The van der Waals surface area contributed by atoms with Crippen molar-refractivity contribution in [3.63, 3.8) is 0 Å². The molecule has 2 aromatic heterocycles. The molecular weight excluding hydrogens is 250 g/mol. The first-order valence-corrected chi connectivity index (χ1v) is 6.52. The van der Waals surface area contributed by atoms with Crippen LogP contribution in [0.2, 0.25) is 0 Å². The molecule has 0 saturated heterocycles. The number of hydrogen-bond acceptors (Lipinski definition) is 2. The molecule has 0 aliphatic carbocycles. The van der Waals surface area contributed by atoms with Gasteiger partial charge in [0.25, 0.3) is 5.91 Å². The third kappa shape index (κ3) is 2.40. The molecule has 1 unspecified atom stereocenters. The van der Waals surface area contributed by atoms with Gasteiger partial charge in [-0.15, -0.1) is 0 Å². The molecule has 2 N–H and O–H groups in total. The molecule has 0 bridgehead atoms. The van der Waals surface area contributed by atoms with Crippen LogP contribution in [0.25, 0.3) is 10.9 Å². The van der Waals surface area contributed by atoms with E-state index in [0.717, 1.165) is 16.5 Å². The van der Waals surface area contributed by atoms with E-state index in [9.17, 15) is 4.79 Å². The lowest BCUT2D eigenvalue weighted by molar-refractivity contribution is 0.0935. The number of nitrogens with zero attached hydrogens (tertiary/aromatic N) is 1. The van der Waals surface area contributed by atoms with Crippen LogP contribution in [-0.2, 0) is 0 Å². The van der Waals surface area contributed by atoms with Crippen molar-refractivity contribution in [1.82, 2.24) is 15.3 Å². The summed E-state index contributed by atoms with van der Waals surface area (Å²) in [5.41, 5.74) is 2.52. The minimum Gasteiger partial charge on any atom is -0.351 e. The second kappa shape index (κ2) is 5.17. The first-order chi connectivity index (χ1) is 9.74. The number of amides is 1.